The van der Waals surface area contributed by atoms with Gasteiger partial charge in [0.2, 0.25) is 0 Å². The summed E-state index contributed by atoms with van der Waals surface area (Å²) in [6, 6.07) is 4.02. The molecule has 0 saturated heterocycles. The Hall–Kier alpha value is -1.38. The number of hydrogen-bond acceptors (Lipinski definition) is 2. The first-order chi connectivity index (χ1) is 10.7. The smallest absolute Gasteiger partial charge is 0.255 e. The van der Waals surface area contributed by atoms with Crippen molar-refractivity contribution in [3.63, 3.8) is 0 Å². The Kier molecular flexibility index (Phi) is 5.17. The number of amides is 1. The molecule has 1 saturated carbocycles. The number of hydrogen-bond donors (Lipinski definition) is 0. The van der Waals surface area contributed by atoms with Crippen LogP contribution in [0.5, 0.6) is 0 Å². The molecule has 0 spiro atoms. The Morgan fingerprint density at radius 2 is 1.91 bits per heavy atom. The standard InChI is InChI=1S/C20H32N2O/c1-15(2)20(19(3,4)5)11-9-17(10-12-20)22(6)18(23)16-8-7-13-21-14-16/h7-8,13-15,17H,9-12H2,1-6H3. The van der Waals surface area contributed by atoms with E-state index in [1.54, 1.807) is 12.4 Å². The van der Waals surface area contributed by atoms with Crippen molar-refractivity contribution in [3.05, 3.63) is 30.1 Å². The number of aromatic nitrogens is 1. The van der Waals surface area contributed by atoms with Crippen LogP contribution in [0.1, 0.15) is 70.7 Å². The molecule has 0 unspecified atom stereocenters. The van der Waals surface area contributed by atoms with E-state index in [1.165, 1.54) is 12.8 Å². The molecule has 128 valence electrons. The molecule has 3 nitrogen and oxygen atoms in total. The molecule has 0 aliphatic heterocycles. The van der Waals surface area contributed by atoms with Crippen LogP contribution in [0.4, 0.5) is 0 Å². The molecule has 1 aromatic rings. The van der Waals surface area contributed by atoms with Crippen LogP contribution in [0.25, 0.3) is 0 Å². The van der Waals surface area contributed by atoms with Crippen LogP contribution in [0.15, 0.2) is 24.5 Å². The first kappa shape index (κ1) is 18.0. The monoisotopic (exact) mass is 316 g/mol. The number of rotatable bonds is 3. The lowest BCUT2D eigenvalue weighted by Gasteiger charge is -2.53. The predicted molar refractivity (Wildman–Crippen MR) is 95.3 cm³/mol. The number of nitrogens with zero attached hydrogens (tertiary/aromatic N) is 2. The summed E-state index contributed by atoms with van der Waals surface area (Å²) in [4.78, 5) is 18.6. The van der Waals surface area contributed by atoms with Crippen molar-refractivity contribution in [2.45, 2.75) is 66.3 Å². The molecule has 1 aliphatic carbocycles. The van der Waals surface area contributed by atoms with Crippen LogP contribution in [-0.2, 0) is 0 Å². The zero-order valence-electron chi connectivity index (χ0n) is 15.6. The highest BCUT2D eigenvalue weighted by atomic mass is 16.2. The maximum Gasteiger partial charge on any atom is 0.255 e. The van der Waals surface area contributed by atoms with Gasteiger partial charge >= 0.3 is 0 Å². The van der Waals surface area contributed by atoms with Crippen LogP contribution in [0, 0.1) is 16.7 Å². The van der Waals surface area contributed by atoms with Gasteiger partial charge in [-0.05, 0) is 54.6 Å². The van der Waals surface area contributed by atoms with E-state index in [1.807, 2.05) is 24.1 Å². The van der Waals surface area contributed by atoms with E-state index < -0.39 is 0 Å². The molecule has 0 N–H and O–H groups in total. The van der Waals surface area contributed by atoms with Crippen molar-refractivity contribution >= 4 is 5.91 Å². The zero-order chi connectivity index (χ0) is 17.3. The van der Waals surface area contributed by atoms with Gasteiger partial charge in [-0.2, -0.15) is 0 Å². The van der Waals surface area contributed by atoms with Gasteiger partial charge in [0.25, 0.3) is 5.91 Å². The van der Waals surface area contributed by atoms with Gasteiger partial charge in [0.1, 0.15) is 0 Å². The lowest BCUT2D eigenvalue weighted by molar-refractivity contribution is -0.0272. The second kappa shape index (κ2) is 6.62. The maximum atomic E-state index is 12.6. The average molecular weight is 316 g/mol. The molecule has 0 atom stereocenters. The molecule has 3 heteroatoms. The summed E-state index contributed by atoms with van der Waals surface area (Å²) in [5.41, 5.74) is 1.37. The van der Waals surface area contributed by atoms with Crippen molar-refractivity contribution < 1.29 is 4.79 Å². The lowest BCUT2D eigenvalue weighted by Crippen LogP contribution is -2.48. The normalized spacial score (nSPS) is 25.4. The van der Waals surface area contributed by atoms with Gasteiger partial charge in [-0.25, -0.2) is 0 Å². The number of pyridine rings is 1. The van der Waals surface area contributed by atoms with Gasteiger partial charge in [0.05, 0.1) is 5.56 Å². The molecule has 0 radical (unpaired) electrons. The van der Waals surface area contributed by atoms with Crippen molar-refractivity contribution in [3.8, 4) is 0 Å². The molecule has 0 aromatic carbocycles. The van der Waals surface area contributed by atoms with Crippen LogP contribution >= 0.6 is 0 Å². The van der Waals surface area contributed by atoms with Gasteiger partial charge in [-0.1, -0.05) is 34.6 Å². The molecule has 1 amide bonds. The van der Waals surface area contributed by atoms with Crippen molar-refractivity contribution in [1.29, 1.82) is 0 Å². The van der Waals surface area contributed by atoms with Crippen molar-refractivity contribution in [2.24, 2.45) is 16.7 Å². The van der Waals surface area contributed by atoms with Crippen LogP contribution in [-0.4, -0.2) is 28.9 Å². The van der Waals surface area contributed by atoms with Gasteiger partial charge in [-0.3, -0.25) is 9.78 Å². The molecular weight excluding hydrogens is 284 g/mol. The Morgan fingerprint density at radius 1 is 1.30 bits per heavy atom. The second-order valence-electron chi connectivity index (χ2n) is 8.45. The highest BCUT2D eigenvalue weighted by Crippen LogP contribution is 2.54. The number of carbonyl (C=O) groups excluding carboxylic acids is 1. The molecule has 2 rings (SSSR count). The Labute approximate surface area is 141 Å². The van der Waals surface area contributed by atoms with E-state index in [4.69, 9.17) is 0 Å². The average Bonchev–Trinajstić information content (AvgIpc) is 2.53. The summed E-state index contributed by atoms with van der Waals surface area (Å²) >= 11 is 0. The largest absolute Gasteiger partial charge is 0.339 e. The minimum absolute atomic E-state index is 0.0934. The third-order valence-corrected chi connectivity index (χ3v) is 6.22. The van der Waals surface area contributed by atoms with Crippen molar-refractivity contribution in [1.82, 2.24) is 9.88 Å². The van der Waals surface area contributed by atoms with E-state index in [0.29, 0.717) is 28.4 Å². The fourth-order valence-electron chi connectivity index (χ4n) is 4.56. The first-order valence-corrected chi connectivity index (χ1v) is 8.86. The van der Waals surface area contributed by atoms with Gasteiger partial charge in [-0.15, -0.1) is 0 Å². The predicted octanol–water partition coefficient (Wildman–Crippen LogP) is 4.78. The van der Waals surface area contributed by atoms with Crippen LogP contribution in [0.3, 0.4) is 0 Å². The molecule has 1 aliphatic rings. The Balaban J connectivity index is 2.08. The summed E-state index contributed by atoms with van der Waals surface area (Å²) < 4.78 is 0. The van der Waals surface area contributed by atoms with Gasteiger partial charge < -0.3 is 4.90 Å². The second-order valence-corrected chi connectivity index (χ2v) is 8.45. The molecule has 1 heterocycles. The van der Waals surface area contributed by atoms with E-state index in [0.717, 1.165) is 12.8 Å². The molecular formula is C20H32N2O. The van der Waals surface area contributed by atoms with Crippen LogP contribution < -0.4 is 0 Å². The molecule has 1 fully saturated rings. The van der Waals surface area contributed by atoms with E-state index in [-0.39, 0.29) is 5.91 Å². The zero-order valence-corrected chi connectivity index (χ0v) is 15.6. The summed E-state index contributed by atoms with van der Waals surface area (Å²) in [6.07, 6.45) is 7.95. The van der Waals surface area contributed by atoms with Crippen LogP contribution in [0.2, 0.25) is 0 Å². The Morgan fingerprint density at radius 3 is 2.35 bits per heavy atom. The van der Waals surface area contributed by atoms with Gasteiger partial charge in [0.15, 0.2) is 0 Å². The third-order valence-electron chi connectivity index (χ3n) is 6.22. The maximum absolute atomic E-state index is 12.6. The van der Waals surface area contributed by atoms with Gasteiger partial charge in [0, 0.05) is 25.5 Å². The van der Waals surface area contributed by atoms with E-state index in [9.17, 15) is 4.79 Å². The summed E-state index contributed by atoms with van der Waals surface area (Å²) in [5.74, 6) is 0.763. The van der Waals surface area contributed by atoms with E-state index in [2.05, 4.69) is 39.6 Å². The fourth-order valence-corrected chi connectivity index (χ4v) is 4.56. The third kappa shape index (κ3) is 3.44. The molecule has 0 bridgehead atoms. The highest BCUT2D eigenvalue weighted by molar-refractivity contribution is 5.93. The summed E-state index contributed by atoms with van der Waals surface area (Å²) in [5, 5.41) is 0. The molecule has 1 aromatic heterocycles. The lowest BCUT2D eigenvalue weighted by atomic mass is 9.54. The van der Waals surface area contributed by atoms with Crippen molar-refractivity contribution in [2.75, 3.05) is 7.05 Å². The summed E-state index contributed by atoms with van der Waals surface area (Å²) in [7, 11) is 1.94. The fraction of sp³-hybridized carbons (Fsp3) is 0.700. The Bertz CT molecular complexity index is 522. The quantitative estimate of drug-likeness (QED) is 0.803. The summed E-state index contributed by atoms with van der Waals surface area (Å²) in [6.45, 7) is 11.8. The first-order valence-electron chi connectivity index (χ1n) is 8.86. The molecule has 23 heavy (non-hydrogen) atoms. The SMILES string of the molecule is CC(C)C1(C(C)(C)C)CCC(N(C)C(=O)c2cccnc2)CC1. The highest BCUT2D eigenvalue weighted by Gasteiger charge is 2.47. The topological polar surface area (TPSA) is 33.2 Å². The minimum atomic E-state index is 0.0934. The number of carbonyl (C=O) groups is 1. The minimum Gasteiger partial charge on any atom is -0.339 e. The van der Waals surface area contributed by atoms with E-state index >= 15 is 0 Å².